The molecule has 0 aliphatic carbocycles. The number of hydrogen-bond donors (Lipinski definition) is 1. The van der Waals surface area contributed by atoms with Gasteiger partial charge in [-0.15, -0.1) is 0 Å². The highest BCUT2D eigenvalue weighted by atomic mass is 35.5. The zero-order chi connectivity index (χ0) is 8.97. The number of benzene rings is 1. The molecule has 13 heavy (non-hydrogen) atoms. The van der Waals surface area contributed by atoms with Crippen molar-refractivity contribution in [1.29, 1.82) is 5.39 Å². The molecule has 1 aromatic rings. The highest BCUT2D eigenvalue weighted by Crippen LogP contribution is 2.14. The summed E-state index contributed by atoms with van der Waals surface area (Å²) in [5, 5.41) is 20.9. The first-order valence-corrected chi connectivity index (χ1v) is 3.08. The van der Waals surface area contributed by atoms with Crippen LogP contribution in [0.2, 0.25) is 0 Å². The lowest BCUT2D eigenvalue weighted by Gasteiger charge is -1.89. The van der Waals surface area contributed by atoms with Crippen LogP contribution in [0, 0.1) is 15.5 Å². The van der Waals surface area contributed by atoms with Crippen molar-refractivity contribution in [3.8, 4) is 0 Å². The van der Waals surface area contributed by atoms with Crippen LogP contribution in [0.3, 0.4) is 0 Å². The number of anilines is 1. The summed E-state index contributed by atoms with van der Waals surface area (Å²) in [4.78, 5) is 9.68. The third kappa shape index (κ3) is 2.92. The molecule has 0 heterocycles. The summed E-state index contributed by atoms with van der Waals surface area (Å²) in [5.41, 5.74) is 2.72. The van der Waals surface area contributed by atoms with Crippen LogP contribution in [-0.2, 0) is 0 Å². The van der Waals surface area contributed by atoms with E-state index in [-0.39, 0.29) is 18.1 Å². The van der Waals surface area contributed by atoms with E-state index in [0.29, 0.717) is 5.69 Å². The van der Waals surface area contributed by atoms with E-state index in [0.717, 1.165) is 0 Å². The molecule has 1 aromatic carbocycles. The zero-order valence-corrected chi connectivity index (χ0v) is 7.10. The Hall–Kier alpha value is -1.87. The first-order valence-electron chi connectivity index (χ1n) is 3.08. The number of rotatable bonds is 2. The molecule has 0 unspecified atom stereocenters. The van der Waals surface area contributed by atoms with Gasteiger partial charge in [-0.2, -0.15) is 0 Å². The second kappa shape index (κ2) is 4.90. The minimum atomic E-state index is -0.500. The highest BCUT2D eigenvalue weighted by Gasteiger charge is 2.04. The van der Waals surface area contributed by atoms with Gasteiger partial charge in [0, 0.05) is 12.1 Å². The number of nitro benzene ring substituents is 1. The summed E-state index contributed by atoms with van der Waals surface area (Å²) in [6.07, 6.45) is 0. The predicted octanol–water partition coefficient (Wildman–Crippen LogP) is -1.22. The molecule has 0 spiro atoms. The Labute approximate surface area is 79.7 Å². The van der Waals surface area contributed by atoms with Crippen molar-refractivity contribution in [3.05, 3.63) is 39.5 Å². The van der Waals surface area contributed by atoms with Crippen molar-refractivity contribution in [2.24, 2.45) is 0 Å². The summed E-state index contributed by atoms with van der Waals surface area (Å²) in [7, 11) is 0. The van der Waals surface area contributed by atoms with Crippen LogP contribution in [-0.4, -0.2) is 4.92 Å². The largest absolute Gasteiger partial charge is 1.00 e. The molecule has 0 radical (unpaired) electrons. The molecule has 1 N–H and O–H groups in total. The van der Waals surface area contributed by atoms with Gasteiger partial charge >= 0.3 is 5.08 Å². The van der Waals surface area contributed by atoms with Crippen LogP contribution in [0.4, 0.5) is 11.4 Å². The monoisotopic (exact) mass is 200 g/mol. The summed E-state index contributed by atoms with van der Waals surface area (Å²) in [5.74, 6) is 0. The van der Waals surface area contributed by atoms with E-state index < -0.39 is 4.92 Å². The average molecular weight is 201 g/mol. The molecular weight excluding hydrogens is 196 g/mol. The Balaban J connectivity index is 0.00000144. The van der Waals surface area contributed by atoms with Gasteiger partial charge in [-0.3, -0.25) is 10.1 Å². The van der Waals surface area contributed by atoms with Crippen LogP contribution in [0.15, 0.2) is 24.3 Å². The summed E-state index contributed by atoms with van der Waals surface area (Å²) < 4.78 is 0. The Morgan fingerprint density at radius 3 is 2.31 bits per heavy atom. The van der Waals surface area contributed by atoms with Crippen molar-refractivity contribution in [2.45, 2.75) is 0 Å². The molecule has 0 aromatic heterocycles. The quantitative estimate of drug-likeness (QED) is 0.369. The fourth-order valence-electron chi connectivity index (χ4n) is 0.715. The maximum absolute atomic E-state index is 10.2. The van der Waals surface area contributed by atoms with Gasteiger partial charge in [0.05, 0.1) is 4.92 Å². The van der Waals surface area contributed by atoms with Gasteiger partial charge in [-0.1, -0.05) is 0 Å². The van der Waals surface area contributed by atoms with Crippen LogP contribution in [0.1, 0.15) is 0 Å². The molecule has 0 atom stereocenters. The van der Waals surface area contributed by atoms with E-state index in [1.807, 2.05) is 0 Å². The molecule has 0 aliphatic heterocycles. The number of halogens is 1. The molecular formula is C6H5ClN4O2. The SMILES string of the molecule is N#[N+]Nc1ccc([N+](=O)[O-])cc1.[Cl-]. The van der Waals surface area contributed by atoms with Crippen molar-refractivity contribution in [2.75, 3.05) is 5.43 Å². The van der Waals surface area contributed by atoms with E-state index in [1.54, 1.807) is 0 Å². The number of hydrogen-bond acceptors (Lipinski definition) is 4. The van der Waals surface area contributed by atoms with E-state index in [1.165, 1.54) is 24.3 Å². The number of nitrogens with one attached hydrogen (secondary N) is 1. The molecule has 68 valence electrons. The molecule has 0 saturated heterocycles. The van der Waals surface area contributed by atoms with Gasteiger partial charge in [-0.05, 0) is 17.6 Å². The molecule has 0 fully saturated rings. The third-order valence-electron chi connectivity index (χ3n) is 1.26. The first kappa shape index (κ1) is 11.1. The number of diazo groups is 1. The predicted molar refractivity (Wildman–Crippen MR) is 41.8 cm³/mol. The Morgan fingerprint density at radius 2 is 1.92 bits per heavy atom. The molecule has 1 rings (SSSR count). The lowest BCUT2D eigenvalue weighted by Crippen LogP contribution is -3.00. The Kier molecular flexibility index (Phi) is 4.19. The zero-order valence-electron chi connectivity index (χ0n) is 6.35. The van der Waals surface area contributed by atoms with Gasteiger partial charge in [0.1, 0.15) is 5.69 Å². The van der Waals surface area contributed by atoms with Crippen molar-refractivity contribution < 1.29 is 17.3 Å². The van der Waals surface area contributed by atoms with Crippen molar-refractivity contribution >= 4 is 11.4 Å². The maximum Gasteiger partial charge on any atom is 0.308 e. The van der Waals surface area contributed by atoms with Gasteiger partial charge in [0.25, 0.3) is 11.1 Å². The summed E-state index contributed by atoms with van der Waals surface area (Å²) in [6, 6.07) is 5.51. The number of non-ortho nitro benzene ring substituents is 1. The molecule has 0 amide bonds. The van der Waals surface area contributed by atoms with Crippen molar-refractivity contribution in [3.63, 3.8) is 0 Å². The van der Waals surface area contributed by atoms with E-state index >= 15 is 0 Å². The minimum absolute atomic E-state index is 0. The molecule has 0 saturated carbocycles. The third-order valence-corrected chi connectivity index (χ3v) is 1.26. The molecule has 0 aliphatic rings. The van der Waals surface area contributed by atoms with Crippen LogP contribution >= 0.6 is 0 Å². The molecule has 7 heteroatoms. The highest BCUT2D eigenvalue weighted by molar-refractivity contribution is 5.48. The Morgan fingerprint density at radius 1 is 1.38 bits per heavy atom. The van der Waals surface area contributed by atoms with Gasteiger partial charge in [-0.25, -0.2) is 0 Å². The number of nitrogens with zero attached hydrogens (tertiary/aromatic N) is 3. The fourth-order valence-corrected chi connectivity index (χ4v) is 0.715. The van der Waals surface area contributed by atoms with Crippen LogP contribution in [0.25, 0.3) is 5.08 Å². The van der Waals surface area contributed by atoms with E-state index in [9.17, 15) is 10.1 Å². The lowest BCUT2D eigenvalue weighted by molar-refractivity contribution is -0.384. The summed E-state index contributed by atoms with van der Waals surface area (Å²) in [6.45, 7) is 0. The van der Waals surface area contributed by atoms with E-state index in [2.05, 4.69) is 10.5 Å². The molecule has 0 bridgehead atoms. The van der Waals surface area contributed by atoms with Gasteiger partial charge in [0.15, 0.2) is 0 Å². The van der Waals surface area contributed by atoms with Gasteiger partial charge in [0.2, 0.25) is 0 Å². The normalized spacial score (nSPS) is 7.92. The Bertz CT molecular complexity index is 331. The van der Waals surface area contributed by atoms with Crippen LogP contribution < -0.4 is 17.8 Å². The second-order valence-corrected chi connectivity index (χ2v) is 2.02. The topological polar surface area (TPSA) is 83.3 Å². The fraction of sp³-hybridized carbons (Fsp3) is 0. The summed E-state index contributed by atoms with van der Waals surface area (Å²) >= 11 is 0. The average Bonchev–Trinajstić information content (AvgIpc) is 2.06. The minimum Gasteiger partial charge on any atom is -1.00 e. The second-order valence-electron chi connectivity index (χ2n) is 2.02. The number of nitro groups is 1. The van der Waals surface area contributed by atoms with Crippen molar-refractivity contribution in [1.82, 2.24) is 0 Å². The van der Waals surface area contributed by atoms with Gasteiger partial charge < -0.3 is 12.4 Å². The lowest BCUT2D eigenvalue weighted by atomic mass is 10.3. The molecule has 6 nitrogen and oxygen atoms in total. The standard InChI is InChI=1S/C6H5N4O2.ClH/c7-9-8-5-1-3-6(4-2-5)10(11)12;/h1-4,8H;1H/q+1;/p-1. The van der Waals surface area contributed by atoms with Crippen LogP contribution in [0.5, 0.6) is 0 Å². The first-order chi connectivity index (χ1) is 5.74. The van der Waals surface area contributed by atoms with E-state index in [4.69, 9.17) is 5.39 Å². The smallest absolute Gasteiger partial charge is 0.308 e. The maximum atomic E-state index is 10.2.